The lowest BCUT2D eigenvalue weighted by atomic mass is 9.71. The van der Waals surface area contributed by atoms with E-state index >= 15 is 0 Å². The summed E-state index contributed by atoms with van der Waals surface area (Å²) in [6.07, 6.45) is 9.05. The highest BCUT2D eigenvalue weighted by Gasteiger charge is 2.28. The van der Waals surface area contributed by atoms with Crippen LogP contribution >= 0.6 is 0 Å². The van der Waals surface area contributed by atoms with E-state index in [9.17, 15) is 0 Å². The third-order valence-corrected chi connectivity index (χ3v) is 6.94. The normalized spacial score (nSPS) is 17.8. The van der Waals surface area contributed by atoms with E-state index in [2.05, 4.69) is 71.0 Å². The number of hydrogen-bond donors (Lipinski definition) is 0. The molecule has 1 aliphatic carbocycles. The van der Waals surface area contributed by atoms with Crippen molar-refractivity contribution in [1.82, 2.24) is 0 Å². The van der Waals surface area contributed by atoms with Crippen LogP contribution in [0.3, 0.4) is 0 Å². The number of hydrogen-bond acceptors (Lipinski definition) is 2. The molecule has 0 spiro atoms. The molecule has 31 heavy (non-hydrogen) atoms. The Balaban J connectivity index is 1.74. The predicted molar refractivity (Wildman–Crippen MR) is 133 cm³/mol. The lowest BCUT2D eigenvalue weighted by Crippen LogP contribution is -2.21. The fourth-order valence-electron chi connectivity index (χ4n) is 5.22. The molecule has 2 atom stereocenters. The van der Waals surface area contributed by atoms with E-state index in [1.807, 2.05) is 6.92 Å². The van der Waals surface area contributed by atoms with Crippen LogP contribution in [-0.4, -0.2) is 12.9 Å². The van der Waals surface area contributed by atoms with E-state index in [1.54, 1.807) is 0 Å². The highest BCUT2D eigenvalue weighted by Crippen LogP contribution is 2.43. The van der Waals surface area contributed by atoms with Crippen molar-refractivity contribution in [3.8, 4) is 5.75 Å². The summed E-state index contributed by atoms with van der Waals surface area (Å²) in [6.45, 7) is 14.6. The molecule has 2 aromatic rings. The van der Waals surface area contributed by atoms with Crippen molar-refractivity contribution in [3.05, 3.63) is 42.0 Å². The Bertz CT molecular complexity index is 811. The molecule has 172 valence electrons. The largest absolute Gasteiger partial charge is 0.465 e. The summed E-state index contributed by atoms with van der Waals surface area (Å²) in [5.74, 6) is 2.95. The smallest absolute Gasteiger partial charge is 0.197 e. The summed E-state index contributed by atoms with van der Waals surface area (Å²) in [6, 6.07) is 13.2. The SMILES string of the molecule is CC(C)CC(c1cccc2c(OC(C)OCCC3CCCCC3)cccc12)C(C)(C)C. The van der Waals surface area contributed by atoms with E-state index in [0.29, 0.717) is 11.8 Å². The van der Waals surface area contributed by atoms with Crippen LogP contribution in [0.1, 0.15) is 98.0 Å². The van der Waals surface area contributed by atoms with Crippen LogP contribution < -0.4 is 4.74 Å². The van der Waals surface area contributed by atoms with Gasteiger partial charge < -0.3 is 9.47 Å². The van der Waals surface area contributed by atoms with Crippen molar-refractivity contribution in [2.45, 2.75) is 98.7 Å². The van der Waals surface area contributed by atoms with Crippen LogP contribution in [0.25, 0.3) is 10.8 Å². The third-order valence-electron chi connectivity index (χ3n) is 6.94. The van der Waals surface area contributed by atoms with Gasteiger partial charge in [0.15, 0.2) is 6.29 Å². The molecule has 2 aromatic carbocycles. The molecule has 0 amide bonds. The molecule has 0 bridgehead atoms. The molecule has 1 saturated carbocycles. The van der Waals surface area contributed by atoms with Crippen molar-refractivity contribution in [1.29, 1.82) is 0 Å². The Labute approximate surface area is 190 Å². The Morgan fingerprint density at radius 1 is 0.903 bits per heavy atom. The standard InChI is InChI=1S/C29H44O2/c1-21(2)20-27(29(4,5)6)25-15-10-16-26-24(25)14-11-17-28(26)31-22(3)30-19-18-23-12-8-7-9-13-23/h10-11,14-17,21-23,27H,7-9,12-13,18-20H2,1-6H3. The topological polar surface area (TPSA) is 18.5 Å². The Hall–Kier alpha value is -1.54. The van der Waals surface area contributed by atoms with Crippen LogP contribution in [-0.2, 0) is 4.74 Å². The van der Waals surface area contributed by atoms with E-state index in [0.717, 1.165) is 24.7 Å². The molecule has 3 rings (SSSR count). The molecule has 2 heteroatoms. The van der Waals surface area contributed by atoms with E-state index in [1.165, 1.54) is 54.9 Å². The third kappa shape index (κ3) is 6.72. The summed E-state index contributed by atoms with van der Waals surface area (Å²) in [5, 5.41) is 2.51. The molecule has 0 N–H and O–H groups in total. The van der Waals surface area contributed by atoms with Crippen molar-refractivity contribution in [2.24, 2.45) is 17.3 Å². The molecule has 1 fully saturated rings. The zero-order chi connectivity index (χ0) is 22.4. The van der Waals surface area contributed by atoms with E-state index < -0.39 is 0 Å². The van der Waals surface area contributed by atoms with Gasteiger partial charge >= 0.3 is 0 Å². The Morgan fingerprint density at radius 2 is 1.58 bits per heavy atom. The van der Waals surface area contributed by atoms with Gasteiger partial charge in [-0.25, -0.2) is 0 Å². The zero-order valence-corrected chi connectivity index (χ0v) is 20.7. The Kier molecular flexibility index (Phi) is 8.44. The molecule has 2 nitrogen and oxygen atoms in total. The first-order valence-corrected chi connectivity index (χ1v) is 12.6. The minimum atomic E-state index is -0.230. The van der Waals surface area contributed by atoms with Crippen LogP contribution in [0.2, 0.25) is 0 Å². The lowest BCUT2D eigenvalue weighted by molar-refractivity contribution is -0.0703. The average Bonchev–Trinajstić information content (AvgIpc) is 2.72. The van der Waals surface area contributed by atoms with Gasteiger partial charge in [-0.3, -0.25) is 0 Å². The van der Waals surface area contributed by atoms with Gasteiger partial charge in [-0.1, -0.05) is 97.1 Å². The maximum Gasteiger partial charge on any atom is 0.197 e. The number of rotatable bonds is 9. The zero-order valence-electron chi connectivity index (χ0n) is 20.7. The first kappa shape index (κ1) is 24.1. The summed E-state index contributed by atoms with van der Waals surface area (Å²) >= 11 is 0. The molecule has 0 aliphatic heterocycles. The molecule has 0 saturated heterocycles. The first-order valence-electron chi connectivity index (χ1n) is 12.6. The summed E-state index contributed by atoms with van der Waals surface area (Å²) in [5.41, 5.74) is 1.65. The Morgan fingerprint density at radius 3 is 2.26 bits per heavy atom. The van der Waals surface area contributed by atoms with Crippen molar-refractivity contribution in [2.75, 3.05) is 6.61 Å². The molecular weight excluding hydrogens is 380 g/mol. The van der Waals surface area contributed by atoms with Gasteiger partial charge in [0.2, 0.25) is 0 Å². The van der Waals surface area contributed by atoms with Crippen molar-refractivity contribution < 1.29 is 9.47 Å². The van der Waals surface area contributed by atoms with Gasteiger partial charge in [0, 0.05) is 5.39 Å². The number of benzene rings is 2. The van der Waals surface area contributed by atoms with Crippen LogP contribution in [0.5, 0.6) is 5.75 Å². The summed E-state index contributed by atoms with van der Waals surface area (Å²) in [7, 11) is 0. The summed E-state index contributed by atoms with van der Waals surface area (Å²) in [4.78, 5) is 0. The van der Waals surface area contributed by atoms with Crippen LogP contribution in [0.4, 0.5) is 0 Å². The monoisotopic (exact) mass is 424 g/mol. The van der Waals surface area contributed by atoms with Crippen LogP contribution in [0, 0.1) is 17.3 Å². The second-order valence-corrected chi connectivity index (χ2v) is 11.1. The van der Waals surface area contributed by atoms with Crippen molar-refractivity contribution >= 4 is 10.8 Å². The van der Waals surface area contributed by atoms with Crippen molar-refractivity contribution in [3.63, 3.8) is 0 Å². The molecule has 1 aliphatic rings. The molecule has 0 radical (unpaired) electrons. The van der Waals surface area contributed by atoms with Crippen LogP contribution in [0.15, 0.2) is 36.4 Å². The van der Waals surface area contributed by atoms with Gasteiger partial charge in [-0.15, -0.1) is 0 Å². The second kappa shape index (κ2) is 10.9. The average molecular weight is 425 g/mol. The quantitative estimate of drug-likeness (QED) is 0.375. The predicted octanol–water partition coefficient (Wildman–Crippen LogP) is 8.73. The fraction of sp³-hybridized carbons (Fsp3) is 0.655. The minimum Gasteiger partial charge on any atom is -0.465 e. The van der Waals surface area contributed by atoms with Gasteiger partial charge in [-0.2, -0.15) is 0 Å². The first-order chi connectivity index (χ1) is 14.8. The maximum atomic E-state index is 6.30. The number of ether oxygens (including phenoxy) is 2. The lowest BCUT2D eigenvalue weighted by Gasteiger charge is -2.33. The van der Waals surface area contributed by atoms with Gasteiger partial charge in [-0.05, 0) is 60.0 Å². The maximum absolute atomic E-state index is 6.30. The fourth-order valence-corrected chi connectivity index (χ4v) is 5.22. The summed E-state index contributed by atoms with van der Waals surface area (Å²) < 4.78 is 12.4. The molecule has 0 aromatic heterocycles. The minimum absolute atomic E-state index is 0.213. The van der Waals surface area contributed by atoms with Gasteiger partial charge in [0.1, 0.15) is 5.75 Å². The second-order valence-electron chi connectivity index (χ2n) is 11.1. The highest BCUT2D eigenvalue weighted by atomic mass is 16.7. The number of fused-ring (bicyclic) bond motifs is 1. The molecule has 2 unspecified atom stereocenters. The van der Waals surface area contributed by atoms with E-state index in [-0.39, 0.29) is 11.7 Å². The molecule has 0 heterocycles. The highest BCUT2D eigenvalue weighted by molar-refractivity contribution is 5.91. The van der Waals surface area contributed by atoms with E-state index in [4.69, 9.17) is 9.47 Å². The molecular formula is C29H44O2. The van der Waals surface area contributed by atoms with Gasteiger partial charge in [0.05, 0.1) is 6.61 Å². The van der Waals surface area contributed by atoms with Gasteiger partial charge in [0.25, 0.3) is 0 Å².